The predicted octanol–water partition coefficient (Wildman–Crippen LogP) is 5.49. The van der Waals surface area contributed by atoms with Crippen LogP contribution in [0.1, 0.15) is 26.0 Å². The third kappa shape index (κ3) is 4.84. The molecule has 1 N–H and O–H groups in total. The number of aromatic nitrogens is 2. The van der Waals surface area contributed by atoms with Crippen molar-refractivity contribution in [2.45, 2.75) is 26.7 Å². The quantitative estimate of drug-likeness (QED) is 0.570. The van der Waals surface area contributed by atoms with E-state index in [9.17, 15) is 4.79 Å². The minimum Gasteiger partial charge on any atom is -0.494 e. The van der Waals surface area contributed by atoms with Gasteiger partial charge in [0.05, 0.1) is 24.2 Å². The van der Waals surface area contributed by atoms with E-state index in [4.69, 9.17) is 21.1 Å². The maximum Gasteiger partial charge on any atom is 0.417 e. The van der Waals surface area contributed by atoms with E-state index in [1.165, 1.54) is 0 Å². The number of amides is 1. The van der Waals surface area contributed by atoms with Gasteiger partial charge in [-0.1, -0.05) is 24.9 Å². The van der Waals surface area contributed by atoms with Gasteiger partial charge in [0.2, 0.25) is 0 Å². The van der Waals surface area contributed by atoms with Crippen molar-refractivity contribution >= 4 is 23.4 Å². The fraction of sp³-hybridized carbons (Fsp3) is 0.238. The summed E-state index contributed by atoms with van der Waals surface area (Å²) in [7, 11) is 0. The number of rotatable bonds is 7. The summed E-state index contributed by atoms with van der Waals surface area (Å²) in [5, 5.41) is 7.75. The lowest BCUT2D eigenvalue weighted by atomic mass is 10.2. The zero-order valence-electron chi connectivity index (χ0n) is 15.8. The Balaban J connectivity index is 1.74. The van der Waals surface area contributed by atoms with Crippen LogP contribution in [0.5, 0.6) is 11.5 Å². The van der Waals surface area contributed by atoms with Crippen LogP contribution < -0.4 is 14.8 Å². The van der Waals surface area contributed by atoms with E-state index < -0.39 is 6.09 Å². The van der Waals surface area contributed by atoms with Crippen LogP contribution in [-0.2, 0) is 6.42 Å². The second-order valence-electron chi connectivity index (χ2n) is 6.07. The second kappa shape index (κ2) is 9.28. The average Bonchev–Trinajstić information content (AvgIpc) is 3.07. The topological polar surface area (TPSA) is 65.4 Å². The zero-order chi connectivity index (χ0) is 19.9. The summed E-state index contributed by atoms with van der Waals surface area (Å²) < 4.78 is 12.7. The molecule has 0 aliphatic carbocycles. The van der Waals surface area contributed by atoms with E-state index in [2.05, 4.69) is 17.3 Å². The van der Waals surface area contributed by atoms with Crippen molar-refractivity contribution in [3.8, 4) is 17.2 Å². The molecule has 1 heterocycles. The van der Waals surface area contributed by atoms with Gasteiger partial charge in [-0.05, 0) is 61.9 Å². The molecule has 146 valence electrons. The Kier molecular flexibility index (Phi) is 6.55. The van der Waals surface area contributed by atoms with E-state index in [0.717, 1.165) is 23.6 Å². The van der Waals surface area contributed by atoms with Gasteiger partial charge in [-0.25, -0.2) is 9.48 Å². The van der Waals surface area contributed by atoms with Crippen LogP contribution in [0, 0.1) is 0 Å². The van der Waals surface area contributed by atoms with Crippen molar-refractivity contribution in [1.82, 2.24) is 9.78 Å². The van der Waals surface area contributed by atoms with Gasteiger partial charge in [-0.2, -0.15) is 5.10 Å². The zero-order valence-corrected chi connectivity index (χ0v) is 16.6. The van der Waals surface area contributed by atoms with Gasteiger partial charge in [0.1, 0.15) is 5.75 Å². The van der Waals surface area contributed by atoms with Gasteiger partial charge in [0.25, 0.3) is 0 Å². The molecule has 0 atom stereocenters. The third-order valence-corrected chi connectivity index (χ3v) is 4.25. The molecule has 28 heavy (non-hydrogen) atoms. The van der Waals surface area contributed by atoms with E-state index in [1.807, 2.05) is 19.1 Å². The minimum atomic E-state index is -0.572. The molecular weight excluding hydrogens is 378 g/mol. The normalized spacial score (nSPS) is 10.5. The Bertz CT molecular complexity index is 921. The number of benzene rings is 2. The molecule has 0 aliphatic heterocycles. The predicted molar refractivity (Wildman–Crippen MR) is 110 cm³/mol. The molecule has 3 rings (SSSR count). The van der Waals surface area contributed by atoms with Crippen molar-refractivity contribution in [3.05, 3.63) is 65.4 Å². The fourth-order valence-corrected chi connectivity index (χ4v) is 2.89. The Morgan fingerprint density at radius 3 is 2.46 bits per heavy atom. The molecule has 2 aromatic carbocycles. The minimum absolute atomic E-state index is 0.431. The smallest absolute Gasteiger partial charge is 0.417 e. The molecule has 0 radical (unpaired) electrons. The van der Waals surface area contributed by atoms with Crippen molar-refractivity contribution < 1.29 is 14.3 Å². The van der Waals surface area contributed by atoms with E-state index in [-0.39, 0.29) is 0 Å². The van der Waals surface area contributed by atoms with Crippen molar-refractivity contribution in [2.24, 2.45) is 0 Å². The largest absolute Gasteiger partial charge is 0.494 e. The molecule has 7 heteroatoms. The summed E-state index contributed by atoms with van der Waals surface area (Å²) in [5.74, 6) is 1.18. The first-order valence-corrected chi connectivity index (χ1v) is 9.53. The van der Waals surface area contributed by atoms with Crippen LogP contribution in [-0.4, -0.2) is 22.5 Å². The number of hydrogen-bond donors (Lipinski definition) is 1. The molecule has 0 bridgehead atoms. The molecule has 0 saturated carbocycles. The van der Waals surface area contributed by atoms with Gasteiger partial charge in [-0.15, -0.1) is 0 Å². The molecule has 0 saturated heterocycles. The van der Waals surface area contributed by atoms with Crippen LogP contribution in [0.15, 0.2) is 54.7 Å². The monoisotopic (exact) mass is 399 g/mol. The van der Waals surface area contributed by atoms with E-state index >= 15 is 0 Å². The molecule has 6 nitrogen and oxygen atoms in total. The summed E-state index contributed by atoms with van der Waals surface area (Å²) in [5.41, 5.74) is 2.30. The lowest BCUT2D eigenvalue weighted by molar-refractivity contribution is 0.214. The van der Waals surface area contributed by atoms with Crippen molar-refractivity contribution in [2.75, 3.05) is 11.9 Å². The number of anilines is 1. The van der Waals surface area contributed by atoms with Crippen LogP contribution in [0.4, 0.5) is 10.5 Å². The number of nitrogens with one attached hydrogen (secondary N) is 1. The molecule has 3 aromatic rings. The van der Waals surface area contributed by atoms with Gasteiger partial charge >= 0.3 is 6.09 Å². The first-order valence-electron chi connectivity index (χ1n) is 9.15. The first-order chi connectivity index (χ1) is 13.6. The first kappa shape index (κ1) is 19.8. The number of nitrogens with zero attached hydrogens (tertiary/aromatic N) is 2. The number of carbonyl (C=O) groups excluding carboxylic acids is 1. The Hall–Kier alpha value is -2.99. The highest BCUT2D eigenvalue weighted by Gasteiger charge is 2.16. The third-order valence-electron chi connectivity index (χ3n) is 4.00. The molecule has 0 aliphatic rings. The molecule has 1 amide bonds. The number of carbonyl (C=O) groups is 1. The standard InChI is InChI=1S/C21H22ClN3O3/c1-3-5-19-20(14-23-25(19)17-10-6-15(22)7-11-17)28-21(26)24-16-8-12-18(13-9-16)27-4-2/h6-14H,3-5H2,1-2H3,(H,24,26). The SMILES string of the molecule is CCCc1c(OC(=O)Nc2ccc(OCC)cc2)cnn1-c1ccc(Cl)cc1. The van der Waals surface area contributed by atoms with Gasteiger partial charge in [0.15, 0.2) is 5.75 Å². The van der Waals surface area contributed by atoms with Crippen LogP contribution in [0.2, 0.25) is 5.02 Å². The van der Waals surface area contributed by atoms with Crippen LogP contribution in [0.3, 0.4) is 0 Å². The summed E-state index contributed by atoms with van der Waals surface area (Å²) in [6.07, 6.45) is 2.58. The van der Waals surface area contributed by atoms with Crippen LogP contribution >= 0.6 is 11.6 Å². The highest BCUT2D eigenvalue weighted by atomic mass is 35.5. The van der Waals surface area contributed by atoms with E-state index in [1.54, 1.807) is 47.3 Å². The second-order valence-corrected chi connectivity index (χ2v) is 6.50. The maximum absolute atomic E-state index is 12.3. The molecule has 0 fully saturated rings. The van der Waals surface area contributed by atoms with Gasteiger partial charge in [0, 0.05) is 10.7 Å². The summed E-state index contributed by atoms with van der Waals surface area (Å²) in [4.78, 5) is 12.3. The van der Waals surface area contributed by atoms with Crippen molar-refractivity contribution in [1.29, 1.82) is 0 Å². The summed E-state index contributed by atoms with van der Waals surface area (Å²) in [6.45, 7) is 4.57. The van der Waals surface area contributed by atoms with Gasteiger partial charge in [-0.3, -0.25) is 5.32 Å². The lowest BCUT2D eigenvalue weighted by Gasteiger charge is -2.10. The van der Waals surface area contributed by atoms with E-state index in [0.29, 0.717) is 29.5 Å². The summed E-state index contributed by atoms with van der Waals surface area (Å²) in [6, 6.07) is 14.4. The molecule has 1 aromatic heterocycles. The molecular formula is C21H22ClN3O3. The summed E-state index contributed by atoms with van der Waals surface area (Å²) >= 11 is 5.96. The Labute approximate surface area is 169 Å². The molecule has 0 unspecified atom stereocenters. The molecule has 0 spiro atoms. The Morgan fingerprint density at radius 2 is 1.82 bits per heavy atom. The number of halogens is 1. The lowest BCUT2D eigenvalue weighted by Crippen LogP contribution is -2.17. The maximum atomic E-state index is 12.3. The average molecular weight is 400 g/mol. The highest BCUT2D eigenvalue weighted by molar-refractivity contribution is 6.30. The number of hydrogen-bond acceptors (Lipinski definition) is 4. The Morgan fingerprint density at radius 1 is 1.11 bits per heavy atom. The highest BCUT2D eigenvalue weighted by Crippen LogP contribution is 2.25. The van der Waals surface area contributed by atoms with Crippen molar-refractivity contribution in [3.63, 3.8) is 0 Å². The fourth-order valence-electron chi connectivity index (χ4n) is 2.76. The van der Waals surface area contributed by atoms with Crippen LogP contribution in [0.25, 0.3) is 5.69 Å². The number of ether oxygens (including phenoxy) is 2. The van der Waals surface area contributed by atoms with Gasteiger partial charge < -0.3 is 9.47 Å².